The SMILES string of the molecule is CC(C)c1ccccn1.CC(C)c1cccnc1.CC(C)c1cccs1.CC(C)c1ccsc1.CC(C)c1cnco1.CC(C)c1cncs1.CC(C)c1cocn1.CC(C)c1cscn1.CC(C)c1ncco1.CC(C)c1nccs1. The molecule has 0 atom stereocenters. The topological polar surface area (TPSA) is 143 Å². The fourth-order valence-electron chi connectivity index (χ4n) is 5.73. The predicted molar refractivity (Wildman–Crippen MR) is 354 cm³/mol. The van der Waals surface area contributed by atoms with Crippen LogP contribution in [-0.2, 0) is 0 Å². The summed E-state index contributed by atoms with van der Waals surface area (Å²) in [4.78, 5) is 34.9. The quantitative estimate of drug-likeness (QED) is 0.129. The lowest BCUT2D eigenvalue weighted by molar-refractivity contribution is 0.471. The average Bonchev–Trinajstić information content (AvgIpc) is 4.32. The Morgan fingerprint density at radius 3 is 1.35 bits per heavy atom. The van der Waals surface area contributed by atoms with Crippen LogP contribution in [0.4, 0.5) is 0 Å². The smallest absolute Gasteiger partial charge is 0.196 e. The number of hydrogen-bond acceptors (Lipinski definition) is 16. The number of aromatic nitrogens is 8. The third-order valence-electron chi connectivity index (χ3n) is 11.0. The third kappa shape index (κ3) is 35.3. The van der Waals surface area contributed by atoms with Crippen LogP contribution < -0.4 is 0 Å². The molecule has 10 heterocycles. The third-order valence-corrected chi connectivity index (χ3v) is 15.6. The zero-order valence-electron chi connectivity index (χ0n) is 52.6. The van der Waals surface area contributed by atoms with Gasteiger partial charge in [-0.2, -0.15) is 11.3 Å². The van der Waals surface area contributed by atoms with Crippen LogP contribution in [0.5, 0.6) is 0 Å². The van der Waals surface area contributed by atoms with E-state index in [4.69, 9.17) is 13.3 Å². The van der Waals surface area contributed by atoms with Crippen molar-refractivity contribution in [1.82, 2.24) is 39.9 Å². The zero-order chi connectivity index (χ0) is 61.2. The first-order chi connectivity index (χ1) is 39.0. The monoisotopic (exact) mass is 1210 g/mol. The summed E-state index contributed by atoms with van der Waals surface area (Å²) < 4.78 is 14.7. The molecule has 0 N–H and O–H groups in total. The Morgan fingerprint density at radius 1 is 0.378 bits per heavy atom. The molecule has 10 aromatic heterocycles. The molecule has 0 unspecified atom stereocenters. The number of pyridine rings is 2. The molecule has 0 aromatic carbocycles. The summed E-state index contributed by atoms with van der Waals surface area (Å²) in [6, 6.07) is 16.5. The minimum absolute atomic E-state index is 0.407. The van der Waals surface area contributed by atoms with Gasteiger partial charge in [-0.05, 0) is 99.0 Å². The minimum atomic E-state index is 0.407. The molecule has 0 spiro atoms. The summed E-state index contributed by atoms with van der Waals surface area (Å²) in [5, 5.41) is 11.8. The lowest BCUT2D eigenvalue weighted by Gasteiger charge is -2.00. The molecule has 16 heteroatoms. The lowest BCUT2D eigenvalue weighted by atomic mass is 10.1. The summed E-state index contributed by atoms with van der Waals surface area (Å²) in [5.41, 5.74) is 9.88. The fraction of sp³-hybridized carbons (Fsp3) is 0.455. The highest BCUT2D eigenvalue weighted by atomic mass is 32.1. The number of oxazole rings is 3. The Morgan fingerprint density at radius 2 is 1.09 bits per heavy atom. The van der Waals surface area contributed by atoms with Gasteiger partial charge in [0.25, 0.3) is 0 Å². The van der Waals surface area contributed by atoms with Gasteiger partial charge >= 0.3 is 0 Å². The van der Waals surface area contributed by atoms with Gasteiger partial charge in [0.05, 0.1) is 39.8 Å². The second kappa shape index (κ2) is 44.8. The van der Waals surface area contributed by atoms with Crippen molar-refractivity contribution in [2.24, 2.45) is 0 Å². The van der Waals surface area contributed by atoms with Crippen LogP contribution in [0.15, 0.2) is 168 Å². The van der Waals surface area contributed by atoms with Gasteiger partial charge in [0.2, 0.25) is 0 Å². The number of hydrogen-bond donors (Lipinski definition) is 0. The van der Waals surface area contributed by atoms with Gasteiger partial charge in [0, 0.05) is 74.9 Å². The second-order valence-corrected chi connectivity index (χ2v) is 25.9. The molecule has 82 heavy (non-hydrogen) atoms. The van der Waals surface area contributed by atoms with Crippen molar-refractivity contribution in [1.29, 1.82) is 0 Å². The van der Waals surface area contributed by atoms with E-state index in [1.165, 1.54) is 44.4 Å². The molecule has 0 amide bonds. The molecule has 0 radical (unpaired) electrons. The number of thiazole rings is 3. The van der Waals surface area contributed by atoms with Gasteiger partial charge in [-0.25, -0.2) is 24.9 Å². The molecule has 0 saturated carbocycles. The second-order valence-electron chi connectivity index (χ2n) is 21.5. The first-order valence-electron chi connectivity index (χ1n) is 28.2. The van der Waals surface area contributed by atoms with Crippen molar-refractivity contribution >= 4 is 56.7 Å². The van der Waals surface area contributed by atoms with E-state index in [2.05, 4.69) is 210 Å². The van der Waals surface area contributed by atoms with E-state index in [0.29, 0.717) is 59.2 Å². The average molecular weight is 1210 g/mol. The minimum Gasteiger partial charge on any atom is -0.451 e. The normalized spacial score (nSPS) is 10.3. The lowest BCUT2D eigenvalue weighted by Crippen LogP contribution is -1.88. The van der Waals surface area contributed by atoms with E-state index in [-0.39, 0.29) is 0 Å². The molecule has 11 nitrogen and oxygen atoms in total. The van der Waals surface area contributed by atoms with Crippen molar-refractivity contribution in [2.45, 2.75) is 198 Å². The standard InChI is InChI=1S/2C8H11N.2C7H10S.3C6H9NO.3C6H9NS/c1-7(2)8-4-3-5-9-6-8;1-7(2)8-5-3-4-6-9-8;1-6(2)7-3-4-8-5-7;1-6(2)7-4-3-5-8-7;1-5(2)6-3-8-4-7-6;1-5(2)6-3-7-4-8-6;1-5(2)6-7-3-4-8-6;1-5(2)6-3-8-4-7-6;1-5(2)6-3-7-4-8-6;1-5(2)6-7-3-4-8-6/h2*3-7H,1-2H3;2*3-6H,1-2H3;6*3-5H,1-2H3. The maximum absolute atomic E-state index is 4.98. The Bertz CT molecular complexity index is 2290. The molecule has 0 bridgehead atoms. The predicted octanol–water partition coefficient (Wildman–Crippen LogP) is 22.3. The van der Waals surface area contributed by atoms with Crippen LogP contribution in [0.1, 0.15) is 252 Å². The summed E-state index contributed by atoms with van der Waals surface area (Å²) >= 11 is 8.70. The molecule has 0 aliphatic rings. The highest BCUT2D eigenvalue weighted by Crippen LogP contribution is 2.20. The largest absolute Gasteiger partial charge is 0.451 e. The van der Waals surface area contributed by atoms with Crippen LogP contribution in [0.25, 0.3) is 0 Å². The van der Waals surface area contributed by atoms with Crippen LogP contribution in [0.2, 0.25) is 0 Å². The number of rotatable bonds is 10. The summed E-state index contributed by atoms with van der Waals surface area (Å²) in [6.45, 7) is 42.8. The molecule has 0 saturated heterocycles. The molecule has 0 fully saturated rings. The van der Waals surface area contributed by atoms with Crippen molar-refractivity contribution in [3.05, 3.63) is 210 Å². The molecular formula is C66H96N8O3S5. The van der Waals surface area contributed by atoms with Crippen molar-refractivity contribution in [3.8, 4) is 0 Å². The van der Waals surface area contributed by atoms with E-state index in [1.54, 1.807) is 76.5 Å². The molecule has 10 rings (SSSR count). The van der Waals surface area contributed by atoms with E-state index in [0.717, 1.165) is 23.0 Å². The Hall–Kier alpha value is -5.78. The van der Waals surface area contributed by atoms with Crippen molar-refractivity contribution < 1.29 is 13.3 Å². The molecule has 10 aromatic rings. The Labute approximate surface area is 513 Å². The summed E-state index contributed by atoms with van der Waals surface area (Å²) in [7, 11) is 0. The zero-order valence-corrected chi connectivity index (χ0v) is 56.7. The first kappa shape index (κ1) is 74.2. The van der Waals surface area contributed by atoms with Gasteiger partial charge in [-0.3, -0.25) is 15.0 Å². The fourth-order valence-corrected chi connectivity index (χ4v) is 9.31. The van der Waals surface area contributed by atoms with Crippen LogP contribution >= 0.6 is 56.7 Å². The van der Waals surface area contributed by atoms with Crippen molar-refractivity contribution in [3.63, 3.8) is 0 Å². The van der Waals surface area contributed by atoms with Crippen LogP contribution in [-0.4, -0.2) is 39.9 Å². The molecule has 0 aliphatic heterocycles. The van der Waals surface area contributed by atoms with Crippen molar-refractivity contribution in [2.75, 3.05) is 0 Å². The van der Waals surface area contributed by atoms with E-state index in [1.807, 2.05) is 90.6 Å². The maximum atomic E-state index is 4.98. The highest BCUT2D eigenvalue weighted by molar-refractivity contribution is 7.10. The van der Waals surface area contributed by atoms with E-state index < -0.39 is 0 Å². The van der Waals surface area contributed by atoms with Gasteiger partial charge < -0.3 is 13.3 Å². The molecular weight excluding hydrogens is 1110 g/mol. The van der Waals surface area contributed by atoms with Gasteiger partial charge in [-0.1, -0.05) is 157 Å². The highest BCUT2D eigenvalue weighted by Gasteiger charge is 2.03. The first-order valence-corrected chi connectivity index (χ1v) is 32.7. The summed E-state index contributed by atoms with van der Waals surface area (Å²) in [5.74, 6) is 7.46. The van der Waals surface area contributed by atoms with Crippen LogP contribution in [0, 0.1) is 0 Å². The van der Waals surface area contributed by atoms with Gasteiger partial charge in [-0.15, -0.1) is 45.3 Å². The number of thiophene rings is 2. The Kier molecular flexibility index (Phi) is 40.5. The van der Waals surface area contributed by atoms with E-state index >= 15 is 0 Å². The Balaban J connectivity index is 0.000000456. The van der Waals surface area contributed by atoms with Gasteiger partial charge in [0.1, 0.15) is 18.3 Å². The van der Waals surface area contributed by atoms with Gasteiger partial charge in [0.15, 0.2) is 18.7 Å². The summed E-state index contributed by atoms with van der Waals surface area (Å²) in [6.07, 6.45) is 18.9. The maximum Gasteiger partial charge on any atom is 0.196 e. The molecule has 448 valence electrons. The molecule has 0 aliphatic carbocycles. The van der Waals surface area contributed by atoms with E-state index in [9.17, 15) is 0 Å². The van der Waals surface area contributed by atoms with Crippen LogP contribution in [0.3, 0.4) is 0 Å². The number of nitrogens with zero attached hydrogens (tertiary/aromatic N) is 8.